The lowest BCUT2D eigenvalue weighted by molar-refractivity contribution is -0.154. The number of aromatic nitrogens is 1. The third-order valence-corrected chi connectivity index (χ3v) is 3.08. The van der Waals surface area contributed by atoms with E-state index in [1.54, 1.807) is 30.3 Å². The van der Waals surface area contributed by atoms with Gasteiger partial charge in [0.2, 0.25) is 5.88 Å². The Kier molecular flexibility index (Phi) is 5.75. The zero-order chi connectivity index (χ0) is 17.6. The number of rotatable bonds is 6. The van der Waals surface area contributed by atoms with E-state index in [9.17, 15) is 23.1 Å². The van der Waals surface area contributed by atoms with E-state index in [1.165, 1.54) is 18.3 Å². The van der Waals surface area contributed by atoms with Gasteiger partial charge in [0.25, 0.3) is 5.91 Å². The van der Waals surface area contributed by atoms with Crippen LogP contribution in [-0.4, -0.2) is 35.4 Å². The molecule has 0 aliphatic rings. The van der Waals surface area contributed by atoms with Gasteiger partial charge in [0.1, 0.15) is 5.56 Å². The summed E-state index contributed by atoms with van der Waals surface area (Å²) in [6.45, 7) is -1.92. The SMILES string of the molecule is O=C(N[C@H](CO)c1ccccc1)c1cccnc1OCC(F)(F)F. The fourth-order valence-corrected chi connectivity index (χ4v) is 1.98. The summed E-state index contributed by atoms with van der Waals surface area (Å²) in [5, 5.41) is 12.0. The van der Waals surface area contributed by atoms with Crippen LogP contribution in [0.25, 0.3) is 0 Å². The number of ether oxygens (including phenoxy) is 1. The van der Waals surface area contributed by atoms with Crippen LogP contribution in [0.1, 0.15) is 22.0 Å². The van der Waals surface area contributed by atoms with Gasteiger partial charge < -0.3 is 15.2 Å². The Hall–Kier alpha value is -2.61. The lowest BCUT2D eigenvalue weighted by atomic mass is 10.1. The third kappa shape index (κ3) is 4.95. The predicted octanol–water partition coefficient (Wildman–Crippen LogP) is 2.49. The molecule has 128 valence electrons. The molecule has 1 aromatic heterocycles. The molecular weight excluding hydrogens is 325 g/mol. The maximum Gasteiger partial charge on any atom is 0.422 e. The van der Waals surface area contributed by atoms with Crippen LogP contribution in [0.5, 0.6) is 5.88 Å². The fourth-order valence-electron chi connectivity index (χ4n) is 1.98. The van der Waals surface area contributed by atoms with Gasteiger partial charge in [-0.25, -0.2) is 4.98 Å². The number of carbonyl (C=O) groups excluding carboxylic acids is 1. The average molecular weight is 340 g/mol. The first-order chi connectivity index (χ1) is 11.4. The van der Waals surface area contributed by atoms with Crippen molar-refractivity contribution in [3.05, 3.63) is 59.8 Å². The number of nitrogens with one attached hydrogen (secondary N) is 1. The van der Waals surface area contributed by atoms with Gasteiger partial charge in [-0.1, -0.05) is 30.3 Å². The minimum Gasteiger partial charge on any atom is -0.467 e. The Balaban J connectivity index is 2.14. The van der Waals surface area contributed by atoms with Gasteiger partial charge in [-0.05, 0) is 17.7 Å². The number of hydrogen-bond acceptors (Lipinski definition) is 4. The quantitative estimate of drug-likeness (QED) is 0.848. The highest BCUT2D eigenvalue weighted by Crippen LogP contribution is 2.21. The van der Waals surface area contributed by atoms with Gasteiger partial charge in [0.05, 0.1) is 12.6 Å². The minimum atomic E-state index is -4.54. The van der Waals surface area contributed by atoms with Crippen LogP contribution in [0.4, 0.5) is 13.2 Å². The number of pyridine rings is 1. The van der Waals surface area contributed by atoms with Crippen LogP contribution in [0.15, 0.2) is 48.7 Å². The molecule has 0 bridgehead atoms. The number of amides is 1. The Bertz CT molecular complexity index is 678. The Morgan fingerprint density at radius 3 is 2.54 bits per heavy atom. The zero-order valence-corrected chi connectivity index (χ0v) is 12.5. The molecule has 0 fully saturated rings. The second-order valence-electron chi connectivity index (χ2n) is 4.88. The monoisotopic (exact) mass is 340 g/mol. The van der Waals surface area contributed by atoms with Crippen molar-refractivity contribution in [1.29, 1.82) is 0 Å². The highest BCUT2D eigenvalue weighted by molar-refractivity contribution is 5.96. The van der Waals surface area contributed by atoms with Gasteiger partial charge in [0, 0.05) is 6.20 Å². The summed E-state index contributed by atoms with van der Waals surface area (Å²) in [4.78, 5) is 16.0. The molecule has 0 unspecified atom stereocenters. The molecule has 0 radical (unpaired) electrons. The molecule has 5 nitrogen and oxygen atoms in total. The van der Waals surface area contributed by atoms with Gasteiger partial charge >= 0.3 is 6.18 Å². The molecule has 24 heavy (non-hydrogen) atoms. The van der Waals surface area contributed by atoms with E-state index < -0.39 is 30.6 Å². The summed E-state index contributed by atoms with van der Waals surface area (Å²) < 4.78 is 41.4. The number of nitrogens with zero attached hydrogens (tertiary/aromatic N) is 1. The molecule has 8 heteroatoms. The molecule has 1 aromatic carbocycles. The Labute approximate surface area is 136 Å². The predicted molar refractivity (Wildman–Crippen MR) is 79.5 cm³/mol. The number of aliphatic hydroxyl groups is 1. The molecule has 0 saturated carbocycles. The number of hydrogen-bond donors (Lipinski definition) is 2. The Morgan fingerprint density at radius 1 is 1.21 bits per heavy atom. The summed E-state index contributed by atoms with van der Waals surface area (Å²) in [5.74, 6) is -1.11. The lowest BCUT2D eigenvalue weighted by Crippen LogP contribution is -2.31. The number of benzene rings is 1. The minimum absolute atomic E-state index is 0.142. The van der Waals surface area contributed by atoms with Gasteiger partial charge in [-0.2, -0.15) is 13.2 Å². The first kappa shape index (κ1) is 17.7. The van der Waals surface area contributed by atoms with E-state index >= 15 is 0 Å². The van der Waals surface area contributed by atoms with Crippen LogP contribution >= 0.6 is 0 Å². The van der Waals surface area contributed by atoms with Gasteiger partial charge in [-0.3, -0.25) is 4.79 Å². The van der Waals surface area contributed by atoms with Crippen molar-refractivity contribution in [2.24, 2.45) is 0 Å². The second kappa shape index (κ2) is 7.78. The first-order valence-corrected chi connectivity index (χ1v) is 7.02. The smallest absolute Gasteiger partial charge is 0.422 e. The summed E-state index contributed by atoms with van der Waals surface area (Å²) >= 11 is 0. The van der Waals surface area contributed by atoms with E-state index in [1.807, 2.05) is 0 Å². The molecule has 2 rings (SSSR count). The van der Waals surface area contributed by atoms with Crippen molar-refractivity contribution < 1.29 is 27.8 Å². The van der Waals surface area contributed by atoms with E-state index in [2.05, 4.69) is 15.0 Å². The number of carbonyl (C=O) groups is 1. The molecule has 2 N–H and O–H groups in total. The van der Waals surface area contributed by atoms with Crippen molar-refractivity contribution in [1.82, 2.24) is 10.3 Å². The van der Waals surface area contributed by atoms with E-state index in [4.69, 9.17) is 0 Å². The topological polar surface area (TPSA) is 71.5 Å². The van der Waals surface area contributed by atoms with E-state index in [-0.39, 0.29) is 12.2 Å². The number of aliphatic hydroxyl groups excluding tert-OH is 1. The van der Waals surface area contributed by atoms with Gasteiger partial charge in [0.15, 0.2) is 6.61 Å². The first-order valence-electron chi connectivity index (χ1n) is 7.02. The van der Waals surface area contributed by atoms with Gasteiger partial charge in [-0.15, -0.1) is 0 Å². The maximum absolute atomic E-state index is 12.3. The van der Waals surface area contributed by atoms with Crippen LogP contribution in [-0.2, 0) is 0 Å². The standard InChI is InChI=1S/C16H15F3N2O3/c17-16(18,19)10-24-15-12(7-4-8-20-15)14(23)21-13(9-22)11-5-2-1-3-6-11/h1-8,13,22H,9-10H2,(H,21,23)/t13-/m1/s1. The van der Waals surface area contributed by atoms with Crippen molar-refractivity contribution in [3.8, 4) is 5.88 Å². The summed E-state index contributed by atoms with van der Waals surface area (Å²) in [6, 6.07) is 10.7. The molecule has 1 amide bonds. The molecule has 0 aliphatic heterocycles. The van der Waals surface area contributed by atoms with Crippen molar-refractivity contribution in [3.63, 3.8) is 0 Å². The van der Waals surface area contributed by atoms with Crippen LogP contribution < -0.4 is 10.1 Å². The molecule has 1 heterocycles. The highest BCUT2D eigenvalue weighted by Gasteiger charge is 2.29. The molecule has 2 aromatic rings. The van der Waals surface area contributed by atoms with Crippen LogP contribution in [0.3, 0.4) is 0 Å². The lowest BCUT2D eigenvalue weighted by Gasteiger charge is -2.18. The second-order valence-corrected chi connectivity index (χ2v) is 4.88. The highest BCUT2D eigenvalue weighted by atomic mass is 19.4. The largest absolute Gasteiger partial charge is 0.467 e. The maximum atomic E-state index is 12.3. The molecular formula is C16H15F3N2O3. The number of alkyl halides is 3. The van der Waals surface area contributed by atoms with Crippen molar-refractivity contribution in [2.45, 2.75) is 12.2 Å². The summed E-state index contributed by atoms with van der Waals surface area (Å²) in [6.07, 6.45) is -3.31. The zero-order valence-electron chi connectivity index (χ0n) is 12.5. The summed E-state index contributed by atoms with van der Waals surface area (Å²) in [7, 11) is 0. The normalized spacial score (nSPS) is 12.5. The Morgan fingerprint density at radius 2 is 1.92 bits per heavy atom. The molecule has 0 spiro atoms. The summed E-state index contributed by atoms with van der Waals surface area (Å²) in [5.41, 5.74) is 0.520. The molecule has 1 atom stereocenters. The van der Waals surface area contributed by atoms with E-state index in [0.717, 1.165) is 0 Å². The molecule has 0 aliphatic carbocycles. The van der Waals surface area contributed by atoms with Crippen LogP contribution in [0, 0.1) is 0 Å². The van der Waals surface area contributed by atoms with Crippen molar-refractivity contribution >= 4 is 5.91 Å². The van der Waals surface area contributed by atoms with E-state index in [0.29, 0.717) is 5.56 Å². The number of halogens is 3. The van der Waals surface area contributed by atoms with Crippen molar-refractivity contribution in [2.75, 3.05) is 13.2 Å². The van der Waals surface area contributed by atoms with Crippen LogP contribution in [0.2, 0.25) is 0 Å². The third-order valence-electron chi connectivity index (χ3n) is 3.08. The average Bonchev–Trinajstić information content (AvgIpc) is 2.58. The molecule has 0 saturated heterocycles. The fraction of sp³-hybridized carbons (Fsp3) is 0.250.